The molecule has 0 aromatic rings. The molecule has 3 aliphatic heterocycles. The van der Waals surface area contributed by atoms with Crippen LogP contribution in [0.2, 0.25) is 0 Å². The third-order valence-corrected chi connectivity index (χ3v) is 3.25. The van der Waals surface area contributed by atoms with Gasteiger partial charge in [-0.1, -0.05) is 0 Å². The summed E-state index contributed by atoms with van der Waals surface area (Å²) in [5, 5.41) is 2.23. The molecular weight excluding hydrogens is 214 g/mol. The Bertz CT molecular complexity index is 331. The molecule has 3 fully saturated rings. The minimum absolute atomic E-state index is 0.119. The Morgan fingerprint density at radius 1 is 1.31 bits per heavy atom. The van der Waals surface area contributed by atoms with Crippen molar-refractivity contribution in [1.29, 1.82) is 0 Å². The van der Waals surface area contributed by atoms with Crippen LogP contribution in [-0.2, 0) is 23.8 Å². The molecule has 0 saturated carbocycles. The topological polar surface area (TPSA) is 73.9 Å². The first kappa shape index (κ1) is 10.2. The molecule has 3 rings (SSSR count). The summed E-state index contributed by atoms with van der Waals surface area (Å²) >= 11 is 0. The number of carbonyl (C=O) groups excluding carboxylic acids is 2. The van der Waals surface area contributed by atoms with E-state index in [0.717, 1.165) is 6.42 Å². The summed E-state index contributed by atoms with van der Waals surface area (Å²) in [7, 11) is 0. The van der Waals surface area contributed by atoms with Crippen LogP contribution in [0.25, 0.3) is 0 Å². The molecule has 3 heterocycles. The number of nitrogens with one attached hydrogen (secondary N) is 1. The van der Waals surface area contributed by atoms with Gasteiger partial charge in [0.15, 0.2) is 6.29 Å². The quantitative estimate of drug-likeness (QED) is 0.624. The largest absolute Gasteiger partial charge is 0.362 e. The molecule has 16 heavy (non-hydrogen) atoms. The summed E-state index contributed by atoms with van der Waals surface area (Å²) in [5.74, 6) is -0.413. The molecule has 0 radical (unpaired) electrons. The van der Waals surface area contributed by atoms with Gasteiger partial charge in [-0.25, -0.2) is 0 Å². The average Bonchev–Trinajstić information content (AvgIpc) is 2.86. The molecule has 1 unspecified atom stereocenters. The van der Waals surface area contributed by atoms with Gasteiger partial charge in [-0.05, 0) is 6.42 Å². The predicted octanol–water partition coefficient (Wildman–Crippen LogP) is -0.820. The second-order valence-corrected chi connectivity index (χ2v) is 4.30. The van der Waals surface area contributed by atoms with E-state index in [1.54, 1.807) is 0 Å². The fraction of sp³-hybridized carbons (Fsp3) is 0.800. The van der Waals surface area contributed by atoms with Crippen molar-refractivity contribution in [1.82, 2.24) is 5.32 Å². The average molecular weight is 227 g/mol. The van der Waals surface area contributed by atoms with E-state index in [1.807, 2.05) is 0 Å². The lowest BCUT2D eigenvalue weighted by molar-refractivity contribution is -0.133. The second kappa shape index (κ2) is 3.80. The van der Waals surface area contributed by atoms with Gasteiger partial charge in [0.05, 0.1) is 25.7 Å². The molecule has 3 saturated heterocycles. The summed E-state index contributed by atoms with van der Waals surface area (Å²) < 4.78 is 16.4. The van der Waals surface area contributed by atoms with E-state index in [2.05, 4.69) is 5.32 Å². The monoisotopic (exact) mass is 227 g/mol. The Morgan fingerprint density at radius 2 is 2.19 bits per heavy atom. The standard InChI is InChI=1S/C10H13NO5/c12-8-3-6(9(13)11-8)16-7-4-15-10-5(7)1-2-14-10/h5-7,10H,1-4H2,(H,11,12,13)/t5-,6?,7-,10+/m0/s1. The summed E-state index contributed by atoms with van der Waals surface area (Å²) in [4.78, 5) is 22.3. The van der Waals surface area contributed by atoms with Gasteiger partial charge in [-0.3, -0.25) is 14.9 Å². The molecule has 2 amide bonds. The van der Waals surface area contributed by atoms with Crippen LogP contribution < -0.4 is 5.32 Å². The van der Waals surface area contributed by atoms with Crippen molar-refractivity contribution in [3.63, 3.8) is 0 Å². The predicted molar refractivity (Wildman–Crippen MR) is 50.2 cm³/mol. The lowest BCUT2D eigenvalue weighted by atomic mass is 10.0. The number of hydrogen-bond donors (Lipinski definition) is 1. The van der Waals surface area contributed by atoms with Gasteiger partial charge in [-0.15, -0.1) is 0 Å². The lowest BCUT2D eigenvalue weighted by Gasteiger charge is -2.18. The van der Waals surface area contributed by atoms with Crippen LogP contribution in [0.5, 0.6) is 0 Å². The third kappa shape index (κ3) is 1.63. The highest BCUT2D eigenvalue weighted by Gasteiger charge is 2.45. The Kier molecular flexibility index (Phi) is 2.42. The number of imide groups is 1. The van der Waals surface area contributed by atoms with Crippen molar-refractivity contribution < 1.29 is 23.8 Å². The number of hydrogen-bond acceptors (Lipinski definition) is 5. The van der Waals surface area contributed by atoms with Crippen molar-refractivity contribution in [3.05, 3.63) is 0 Å². The van der Waals surface area contributed by atoms with Gasteiger partial charge in [-0.2, -0.15) is 0 Å². The molecule has 6 nitrogen and oxygen atoms in total. The van der Waals surface area contributed by atoms with E-state index in [1.165, 1.54) is 0 Å². The smallest absolute Gasteiger partial charge is 0.256 e. The third-order valence-electron chi connectivity index (χ3n) is 3.25. The molecule has 0 aliphatic carbocycles. The van der Waals surface area contributed by atoms with Crippen LogP contribution in [0, 0.1) is 5.92 Å². The van der Waals surface area contributed by atoms with Crippen molar-refractivity contribution >= 4 is 11.8 Å². The van der Waals surface area contributed by atoms with Gasteiger partial charge in [0.25, 0.3) is 5.91 Å². The Morgan fingerprint density at radius 3 is 2.94 bits per heavy atom. The van der Waals surface area contributed by atoms with Crippen molar-refractivity contribution in [2.45, 2.75) is 31.3 Å². The number of ether oxygens (including phenoxy) is 3. The molecule has 1 N–H and O–H groups in total. The molecule has 6 heteroatoms. The first-order chi connectivity index (χ1) is 7.74. The normalized spacial score (nSPS) is 42.5. The van der Waals surface area contributed by atoms with E-state index in [4.69, 9.17) is 14.2 Å². The van der Waals surface area contributed by atoms with Gasteiger partial charge in [0, 0.05) is 5.92 Å². The molecule has 4 atom stereocenters. The number of fused-ring (bicyclic) bond motifs is 1. The van der Waals surface area contributed by atoms with Gasteiger partial charge in [0.1, 0.15) is 6.10 Å². The summed E-state index contributed by atoms with van der Waals surface area (Å²) in [6.07, 6.45) is 0.0327. The minimum Gasteiger partial charge on any atom is -0.362 e. The molecule has 0 aromatic heterocycles. The second-order valence-electron chi connectivity index (χ2n) is 4.30. The zero-order chi connectivity index (χ0) is 11.1. The Labute approximate surface area is 92.2 Å². The van der Waals surface area contributed by atoms with Crippen LogP contribution in [0.15, 0.2) is 0 Å². The first-order valence-electron chi connectivity index (χ1n) is 5.46. The van der Waals surface area contributed by atoms with Gasteiger partial charge < -0.3 is 14.2 Å². The highest BCUT2D eigenvalue weighted by atomic mass is 16.7. The molecule has 3 aliphatic rings. The fourth-order valence-corrected chi connectivity index (χ4v) is 2.42. The van der Waals surface area contributed by atoms with Crippen LogP contribution in [0.4, 0.5) is 0 Å². The Balaban J connectivity index is 1.62. The zero-order valence-corrected chi connectivity index (χ0v) is 8.68. The van der Waals surface area contributed by atoms with Crippen LogP contribution in [0.1, 0.15) is 12.8 Å². The Hall–Kier alpha value is -0.980. The number of amides is 2. The lowest BCUT2D eigenvalue weighted by Crippen LogP contribution is -2.33. The van der Waals surface area contributed by atoms with E-state index >= 15 is 0 Å². The fourth-order valence-electron chi connectivity index (χ4n) is 2.42. The summed E-state index contributed by atoms with van der Waals surface area (Å²) in [6, 6.07) is 0. The van der Waals surface area contributed by atoms with E-state index in [0.29, 0.717) is 13.2 Å². The number of carbonyl (C=O) groups is 2. The zero-order valence-electron chi connectivity index (χ0n) is 8.68. The summed E-state index contributed by atoms with van der Waals surface area (Å²) in [5.41, 5.74) is 0. The maximum atomic E-state index is 11.3. The highest BCUT2D eigenvalue weighted by molar-refractivity contribution is 6.04. The van der Waals surface area contributed by atoms with Crippen molar-refractivity contribution in [2.75, 3.05) is 13.2 Å². The molecule has 0 aromatic carbocycles. The van der Waals surface area contributed by atoms with Gasteiger partial charge >= 0.3 is 0 Å². The summed E-state index contributed by atoms with van der Waals surface area (Å²) in [6.45, 7) is 1.11. The van der Waals surface area contributed by atoms with Crippen molar-refractivity contribution in [3.8, 4) is 0 Å². The van der Waals surface area contributed by atoms with Crippen molar-refractivity contribution in [2.24, 2.45) is 5.92 Å². The van der Waals surface area contributed by atoms with Crippen LogP contribution in [0.3, 0.4) is 0 Å². The number of rotatable bonds is 2. The molecule has 88 valence electrons. The first-order valence-corrected chi connectivity index (χ1v) is 5.46. The SMILES string of the molecule is O=C1CC(O[C@H]2CO[C@H]3OCC[C@H]32)C(=O)N1. The van der Waals surface area contributed by atoms with E-state index in [9.17, 15) is 9.59 Å². The molecule has 0 bridgehead atoms. The van der Waals surface area contributed by atoms with Gasteiger partial charge in [0.2, 0.25) is 5.91 Å². The van der Waals surface area contributed by atoms with E-state index in [-0.39, 0.29) is 36.5 Å². The van der Waals surface area contributed by atoms with Crippen LogP contribution >= 0.6 is 0 Å². The van der Waals surface area contributed by atoms with Crippen LogP contribution in [-0.4, -0.2) is 43.5 Å². The maximum Gasteiger partial charge on any atom is 0.256 e. The maximum absolute atomic E-state index is 11.3. The van der Waals surface area contributed by atoms with E-state index < -0.39 is 6.10 Å². The minimum atomic E-state index is -0.652. The molecule has 0 spiro atoms. The molecular formula is C10H13NO5. The highest BCUT2D eigenvalue weighted by Crippen LogP contribution is 2.34.